The minimum atomic E-state index is -2.85. The molecule has 1 fully saturated rings. The number of carbonyl (C=O) groups is 1. The smallest absolute Gasteiger partial charge is 0.220 e. The second-order valence-electron chi connectivity index (χ2n) is 4.49. The Labute approximate surface area is 108 Å². The molecule has 0 bridgehead atoms. The van der Waals surface area contributed by atoms with Gasteiger partial charge in [-0.1, -0.05) is 0 Å². The largest absolute Gasteiger partial charge is 0.394 e. The van der Waals surface area contributed by atoms with Gasteiger partial charge in [-0.2, -0.15) is 0 Å². The van der Waals surface area contributed by atoms with E-state index in [-0.39, 0.29) is 36.5 Å². The van der Waals surface area contributed by atoms with Crippen LogP contribution in [0.25, 0.3) is 0 Å². The number of aliphatic hydroxyl groups excluding tert-OH is 1. The predicted octanol–water partition coefficient (Wildman–Crippen LogP) is -0.674. The van der Waals surface area contributed by atoms with Crippen molar-refractivity contribution in [2.45, 2.75) is 19.3 Å². The summed E-state index contributed by atoms with van der Waals surface area (Å²) in [5.74, 6) is 0.508. The summed E-state index contributed by atoms with van der Waals surface area (Å²) in [6.45, 7) is 1.05. The minimum absolute atomic E-state index is 0.0233. The molecule has 0 aromatic rings. The molecule has 7 heteroatoms. The standard InChI is InChI=1S/C11H21NO5S/c13-4-6-17-5-3-12-11(14)9-10-1-7-18(15,16)8-2-10/h10,13H,1-9H2,(H,12,14). The molecule has 0 aromatic carbocycles. The Balaban J connectivity index is 2.10. The van der Waals surface area contributed by atoms with Crippen LogP contribution < -0.4 is 5.32 Å². The normalized spacial score (nSPS) is 19.6. The summed E-state index contributed by atoms with van der Waals surface area (Å²) in [6.07, 6.45) is 1.54. The molecule has 1 aliphatic heterocycles. The van der Waals surface area contributed by atoms with Gasteiger partial charge in [-0.3, -0.25) is 4.79 Å². The number of sulfone groups is 1. The van der Waals surface area contributed by atoms with Crippen LogP contribution in [0.15, 0.2) is 0 Å². The van der Waals surface area contributed by atoms with Crippen molar-refractivity contribution in [1.82, 2.24) is 5.32 Å². The van der Waals surface area contributed by atoms with Crippen LogP contribution in [0, 0.1) is 5.92 Å². The first-order valence-electron chi connectivity index (χ1n) is 6.19. The van der Waals surface area contributed by atoms with Gasteiger partial charge in [-0.05, 0) is 18.8 Å². The molecule has 106 valence electrons. The second-order valence-corrected chi connectivity index (χ2v) is 6.79. The summed E-state index contributed by atoms with van der Waals surface area (Å²) in [5.41, 5.74) is 0. The molecule has 18 heavy (non-hydrogen) atoms. The highest BCUT2D eigenvalue weighted by Crippen LogP contribution is 2.21. The van der Waals surface area contributed by atoms with Crippen LogP contribution in [0.3, 0.4) is 0 Å². The van der Waals surface area contributed by atoms with Gasteiger partial charge in [0, 0.05) is 13.0 Å². The molecule has 6 nitrogen and oxygen atoms in total. The lowest BCUT2D eigenvalue weighted by atomic mass is 9.98. The third kappa shape index (κ3) is 6.32. The van der Waals surface area contributed by atoms with E-state index in [0.29, 0.717) is 32.4 Å². The summed E-state index contributed by atoms with van der Waals surface area (Å²) in [6, 6.07) is 0. The predicted molar refractivity (Wildman–Crippen MR) is 66.9 cm³/mol. The highest BCUT2D eigenvalue weighted by molar-refractivity contribution is 7.91. The summed E-state index contributed by atoms with van der Waals surface area (Å²) in [4.78, 5) is 11.5. The molecule has 1 aliphatic rings. The number of amides is 1. The van der Waals surface area contributed by atoms with E-state index in [1.807, 2.05) is 0 Å². The van der Waals surface area contributed by atoms with E-state index < -0.39 is 9.84 Å². The van der Waals surface area contributed by atoms with Gasteiger partial charge in [0.25, 0.3) is 0 Å². The summed E-state index contributed by atoms with van der Waals surface area (Å²) in [5, 5.41) is 11.2. The van der Waals surface area contributed by atoms with Crippen LogP contribution in [-0.2, 0) is 19.4 Å². The second kappa shape index (κ2) is 7.70. The number of hydrogen-bond acceptors (Lipinski definition) is 5. The van der Waals surface area contributed by atoms with Crippen molar-refractivity contribution in [2.75, 3.05) is 37.9 Å². The van der Waals surface area contributed by atoms with Crippen molar-refractivity contribution in [3.63, 3.8) is 0 Å². The molecule has 1 heterocycles. The van der Waals surface area contributed by atoms with Crippen LogP contribution in [-0.4, -0.2) is 57.3 Å². The van der Waals surface area contributed by atoms with Crippen LogP contribution in [0.4, 0.5) is 0 Å². The van der Waals surface area contributed by atoms with Gasteiger partial charge in [0.15, 0.2) is 0 Å². The van der Waals surface area contributed by atoms with Crippen molar-refractivity contribution in [3.8, 4) is 0 Å². The fourth-order valence-electron chi connectivity index (χ4n) is 1.91. The fraction of sp³-hybridized carbons (Fsp3) is 0.909. The van der Waals surface area contributed by atoms with E-state index in [1.54, 1.807) is 0 Å². The van der Waals surface area contributed by atoms with E-state index in [2.05, 4.69) is 5.32 Å². The fourth-order valence-corrected chi connectivity index (χ4v) is 3.50. The molecule has 0 aromatic heterocycles. The summed E-state index contributed by atoms with van der Waals surface area (Å²) >= 11 is 0. The Bertz CT molecular complexity index is 340. The van der Waals surface area contributed by atoms with Gasteiger partial charge in [-0.25, -0.2) is 8.42 Å². The molecule has 0 spiro atoms. The van der Waals surface area contributed by atoms with Gasteiger partial charge in [0.2, 0.25) is 5.91 Å². The van der Waals surface area contributed by atoms with Crippen LogP contribution in [0.2, 0.25) is 0 Å². The Morgan fingerprint density at radius 1 is 1.28 bits per heavy atom. The zero-order valence-corrected chi connectivity index (χ0v) is 11.2. The van der Waals surface area contributed by atoms with Gasteiger partial charge in [0.05, 0.1) is 31.3 Å². The van der Waals surface area contributed by atoms with E-state index >= 15 is 0 Å². The lowest BCUT2D eigenvalue weighted by Gasteiger charge is -2.21. The average Bonchev–Trinajstić information content (AvgIpc) is 2.32. The molecule has 0 unspecified atom stereocenters. The average molecular weight is 279 g/mol. The van der Waals surface area contributed by atoms with Crippen LogP contribution in [0.5, 0.6) is 0 Å². The van der Waals surface area contributed by atoms with E-state index in [9.17, 15) is 13.2 Å². The van der Waals surface area contributed by atoms with E-state index in [0.717, 1.165) is 0 Å². The number of hydrogen-bond donors (Lipinski definition) is 2. The summed E-state index contributed by atoms with van der Waals surface area (Å²) in [7, 11) is -2.85. The van der Waals surface area contributed by atoms with Crippen molar-refractivity contribution >= 4 is 15.7 Å². The van der Waals surface area contributed by atoms with Gasteiger partial charge in [-0.15, -0.1) is 0 Å². The molecular formula is C11H21NO5S. The third-order valence-electron chi connectivity index (χ3n) is 2.95. The Morgan fingerprint density at radius 3 is 2.56 bits per heavy atom. The van der Waals surface area contributed by atoms with E-state index in [1.165, 1.54) is 0 Å². The molecule has 0 atom stereocenters. The Hall–Kier alpha value is -0.660. The summed E-state index contributed by atoms with van der Waals surface area (Å²) < 4.78 is 27.4. The zero-order valence-electron chi connectivity index (χ0n) is 10.4. The number of ether oxygens (including phenoxy) is 1. The maximum absolute atomic E-state index is 11.5. The van der Waals surface area contributed by atoms with Crippen molar-refractivity contribution in [1.29, 1.82) is 0 Å². The maximum Gasteiger partial charge on any atom is 0.220 e. The topological polar surface area (TPSA) is 92.7 Å². The molecular weight excluding hydrogens is 258 g/mol. The van der Waals surface area contributed by atoms with Gasteiger partial charge >= 0.3 is 0 Å². The Morgan fingerprint density at radius 2 is 1.94 bits per heavy atom. The quantitative estimate of drug-likeness (QED) is 0.603. The number of aliphatic hydroxyl groups is 1. The molecule has 0 aliphatic carbocycles. The van der Waals surface area contributed by atoms with Crippen LogP contribution >= 0.6 is 0 Å². The Kier molecular flexibility index (Phi) is 6.59. The molecule has 0 radical (unpaired) electrons. The third-order valence-corrected chi connectivity index (χ3v) is 4.67. The van der Waals surface area contributed by atoms with E-state index in [4.69, 9.17) is 9.84 Å². The molecule has 1 saturated heterocycles. The molecule has 1 rings (SSSR count). The van der Waals surface area contributed by atoms with Crippen molar-refractivity contribution in [3.05, 3.63) is 0 Å². The lowest BCUT2D eigenvalue weighted by Crippen LogP contribution is -2.32. The lowest BCUT2D eigenvalue weighted by molar-refractivity contribution is -0.122. The van der Waals surface area contributed by atoms with Crippen molar-refractivity contribution in [2.24, 2.45) is 5.92 Å². The highest BCUT2D eigenvalue weighted by atomic mass is 32.2. The molecule has 1 amide bonds. The molecule has 2 N–H and O–H groups in total. The SMILES string of the molecule is O=C(CC1CCS(=O)(=O)CC1)NCCOCCO. The molecule has 0 saturated carbocycles. The zero-order chi connectivity index (χ0) is 13.4. The highest BCUT2D eigenvalue weighted by Gasteiger charge is 2.24. The number of nitrogens with one attached hydrogen (secondary N) is 1. The first-order valence-corrected chi connectivity index (χ1v) is 8.01. The van der Waals surface area contributed by atoms with Crippen LogP contribution in [0.1, 0.15) is 19.3 Å². The number of carbonyl (C=O) groups excluding carboxylic acids is 1. The first-order chi connectivity index (χ1) is 8.53. The first kappa shape index (κ1) is 15.4. The van der Waals surface area contributed by atoms with Gasteiger partial charge in [0.1, 0.15) is 9.84 Å². The van der Waals surface area contributed by atoms with Gasteiger partial charge < -0.3 is 15.2 Å². The number of rotatable bonds is 7. The minimum Gasteiger partial charge on any atom is -0.394 e. The monoisotopic (exact) mass is 279 g/mol. The maximum atomic E-state index is 11.5. The van der Waals surface area contributed by atoms with Crippen molar-refractivity contribution < 1.29 is 23.1 Å².